The van der Waals surface area contributed by atoms with Crippen molar-refractivity contribution in [1.82, 2.24) is 10.2 Å². The molecular formula is C16H24BrN3O. The first-order chi connectivity index (χ1) is 10.1. The minimum atomic E-state index is 0.181. The van der Waals surface area contributed by atoms with E-state index >= 15 is 0 Å². The highest BCUT2D eigenvalue weighted by Gasteiger charge is 2.18. The van der Waals surface area contributed by atoms with Crippen molar-refractivity contribution in [3.05, 3.63) is 28.2 Å². The lowest BCUT2D eigenvalue weighted by Crippen LogP contribution is -2.34. The second-order valence-electron chi connectivity index (χ2n) is 5.40. The number of hydrogen-bond donors (Lipinski definition) is 1. The molecule has 1 saturated heterocycles. The fourth-order valence-corrected chi connectivity index (χ4v) is 3.15. The third kappa shape index (κ3) is 4.45. The minimum Gasteiger partial charge on any atom is -0.369 e. The van der Waals surface area contributed by atoms with Gasteiger partial charge in [-0.15, -0.1) is 0 Å². The van der Waals surface area contributed by atoms with Crippen LogP contribution in [0.4, 0.5) is 5.69 Å². The molecule has 0 aromatic heterocycles. The van der Waals surface area contributed by atoms with Crippen LogP contribution < -0.4 is 10.2 Å². The van der Waals surface area contributed by atoms with Crippen LogP contribution >= 0.6 is 15.9 Å². The summed E-state index contributed by atoms with van der Waals surface area (Å²) in [5, 5.41) is 3.40. The first-order valence-corrected chi connectivity index (χ1v) is 8.40. The maximum Gasteiger partial charge on any atom is 0.219 e. The van der Waals surface area contributed by atoms with Gasteiger partial charge in [0.2, 0.25) is 5.91 Å². The van der Waals surface area contributed by atoms with Crippen molar-refractivity contribution in [2.24, 2.45) is 0 Å². The molecule has 1 aliphatic heterocycles. The third-order valence-corrected chi connectivity index (χ3v) is 4.38. The molecule has 0 saturated carbocycles. The predicted molar refractivity (Wildman–Crippen MR) is 90.6 cm³/mol. The monoisotopic (exact) mass is 353 g/mol. The van der Waals surface area contributed by atoms with Gasteiger partial charge < -0.3 is 15.1 Å². The summed E-state index contributed by atoms with van der Waals surface area (Å²) in [7, 11) is 0. The molecular weight excluding hydrogens is 330 g/mol. The average Bonchev–Trinajstić information content (AvgIpc) is 2.71. The van der Waals surface area contributed by atoms with Crippen molar-refractivity contribution < 1.29 is 4.79 Å². The number of hydrogen-bond acceptors (Lipinski definition) is 3. The molecule has 0 atom stereocenters. The molecule has 1 fully saturated rings. The fourth-order valence-electron chi connectivity index (χ4n) is 2.74. The second kappa shape index (κ2) is 7.80. The van der Waals surface area contributed by atoms with E-state index < -0.39 is 0 Å². The topological polar surface area (TPSA) is 35.6 Å². The van der Waals surface area contributed by atoms with Crippen molar-refractivity contribution in [3.63, 3.8) is 0 Å². The Labute approximate surface area is 135 Å². The molecule has 116 valence electrons. The first-order valence-electron chi connectivity index (χ1n) is 7.61. The van der Waals surface area contributed by atoms with Gasteiger partial charge in [0.05, 0.1) is 0 Å². The summed E-state index contributed by atoms with van der Waals surface area (Å²) in [4.78, 5) is 15.9. The van der Waals surface area contributed by atoms with E-state index in [4.69, 9.17) is 0 Å². The Morgan fingerprint density at radius 2 is 2.10 bits per heavy atom. The molecule has 1 N–H and O–H groups in total. The van der Waals surface area contributed by atoms with Crippen LogP contribution in [0.15, 0.2) is 22.7 Å². The zero-order chi connectivity index (χ0) is 15.2. The lowest BCUT2D eigenvalue weighted by Gasteiger charge is -2.26. The van der Waals surface area contributed by atoms with Gasteiger partial charge in [-0.25, -0.2) is 0 Å². The minimum absolute atomic E-state index is 0.181. The summed E-state index contributed by atoms with van der Waals surface area (Å²) in [5.41, 5.74) is 2.59. The molecule has 1 aromatic rings. The van der Waals surface area contributed by atoms with E-state index in [0.29, 0.717) is 0 Å². The third-order valence-electron chi connectivity index (χ3n) is 3.89. The molecule has 4 nitrogen and oxygen atoms in total. The SMILES string of the molecule is CCNCc1cc(Br)ccc1N1CCCN(C(C)=O)CC1. The second-order valence-corrected chi connectivity index (χ2v) is 6.32. The molecule has 1 heterocycles. The molecule has 1 aromatic carbocycles. The number of anilines is 1. The molecule has 0 radical (unpaired) electrons. The highest BCUT2D eigenvalue weighted by molar-refractivity contribution is 9.10. The van der Waals surface area contributed by atoms with E-state index in [1.54, 1.807) is 6.92 Å². The number of carbonyl (C=O) groups excluding carboxylic acids is 1. The van der Waals surface area contributed by atoms with Gasteiger partial charge in [-0.2, -0.15) is 0 Å². The van der Waals surface area contributed by atoms with Gasteiger partial charge in [-0.05, 0) is 36.7 Å². The number of nitrogens with one attached hydrogen (secondary N) is 1. The van der Waals surface area contributed by atoms with Crippen LogP contribution in [-0.4, -0.2) is 43.5 Å². The van der Waals surface area contributed by atoms with Crippen molar-refractivity contribution in [2.75, 3.05) is 37.6 Å². The van der Waals surface area contributed by atoms with Crippen LogP contribution in [0.25, 0.3) is 0 Å². The van der Waals surface area contributed by atoms with Gasteiger partial charge in [0, 0.05) is 49.8 Å². The standard InChI is InChI=1S/C16H24BrN3O/c1-3-18-12-14-11-15(17)5-6-16(14)20-8-4-7-19(9-10-20)13(2)21/h5-6,11,18H,3-4,7-10,12H2,1-2H3. The van der Waals surface area contributed by atoms with E-state index in [0.717, 1.165) is 50.2 Å². The molecule has 1 amide bonds. The van der Waals surface area contributed by atoms with Crippen LogP contribution in [0, 0.1) is 0 Å². The maximum atomic E-state index is 11.5. The van der Waals surface area contributed by atoms with Crippen LogP contribution in [0.2, 0.25) is 0 Å². The molecule has 21 heavy (non-hydrogen) atoms. The van der Waals surface area contributed by atoms with E-state index in [9.17, 15) is 4.79 Å². The highest BCUT2D eigenvalue weighted by Crippen LogP contribution is 2.25. The zero-order valence-electron chi connectivity index (χ0n) is 12.9. The Balaban J connectivity index is 2.15. The summed E-state index contributed by atoms with van der Waals surface area (Å²) in [6.45, 7) is 9.20. The van der Waals surface area contributed by atoms with E-state index in [1.807, 2.05) is 4.90 Å². The van der Waals surface area contributed by atoms with Gasteiger partial charge in [-0.3, -0.25) is 4.79 Å². The number of nitrogens with zero attached hydrogens (tertiary/aromatic N) is 2. The Kier molecular flexibility index (Phi) is 6.06. The average molecular weight is 354 g/mol. The summed E-state index contributed by atoms with van der Waals surface area (Å²) < 4.78 is 1.11. The van der Waals surface area contributed by atoms with Gasteiger partial charge >= 0.3 is 0 Å². The highest BCUT2D eigenvalue weighted by atomic mass is 79.9. The lowest BCUT2D eigenvalue weighted by atomic mass is 10.1. The van der Waals surface area contributed by atoms with Crippen molar-refractivity contribution in [2.45, 2.75) is 26.8 Å². The van der Waals surface area contributed by atoms with Crippen LogP contribution in [0.1, 0.15) is 25.8 Å². The summed E-state index contributed by atoms with van der Waals surface area (Å²) in [5.74, 6) is 0.181. The molecule has 2 rings (SSSR count). The number of amides is 1. The summed E-state index contributed by atoms with van der Waals surface area (Å²) >= 11 is 3.56. The Morgan fingerprint density at radius 3 is 2.81 bits per heavy atom. The Hall–Kier alpha value is -1.07. The molecule has 0 aliphatic carbocycles. The quantitative estimate of drug-likeness (QED) is 0.903. The van der Waals surface area contributed by atoms with Gasteiger partial charge in [0.25, 0.3) is 0 Å². The predicted octanol–water partition coefficient (Wildman–Crippen LogP) is 2.62. The van der Waals surface area contributed by atoms with Crippen molar-refractivity contribution in [3.8, 4) is 0 Å². The molecule has 0 unspecified atom stereocenters. The van der Waals surface area contributed by atoms with E-state index in [1.165, 1.54) is 11.3 Å². The smallest absolute Gasteiger partial charge is 0.219 e. The summed E-state index contributed by atoms with van der Waals surface area (Å²) in [6, 6.07) is 6.46. The molecule has 0 spiro atoms. The van der Waals surface area contributed by atoms with Crippen LogP contribution in [0.5, 0.6) is 0 Å². The van der Waals surface area contributed by atoms with Gasteiger partial charge in [-0.1, -0.05) is 22.9 Å². The number of carbonyl (C=O) groups is 1. The van der Waals surface area contributed by atoms with Crippen LogP contribution in [-0.2, 0) is 11.3 Å². The largest absolute Gasteiger partial charge is 0.369 e. The van der Waals surface area contributed by atoms with Gasteiger partial charge in [0.1, 0.15) is 0 Å². The van der Waals surface area contributed by atoms with Crippen LogP contribution in [0.3, 0.4) is 0 Å². The lowest BCUT2D eigenvalue weighted by molar-refractivity contribution is -0.128. The molecule has 1 aliphatic rings. The Bertz CT molecular complexity index is 492. The zero-order valence-corrected chi connectivity index (χ0v) is 14.4. The van der Waals surface area contributed by atoms with Gasteiger partial charge in [0.15, 0.2) is 0 Å². The number of halogens is 1. The number of rotatable bonds is 4. The number of benzene rings is 1. The molecule has 5 heteroatoms. The maximum absolute atomic E-state index is 11.5. The van der Waals surface area contributed by atoms with E-state index in [-0.39, 0.29) is 5.91 Å². The molecule has 0 bridgehead atoms. The summed E-state index contributed by atoms with van der Waals surface area (Å²) in [6.07, 6.45) is 1.02. The van der Waals surface area contributed by atoms with Crippen molar-refractivity contribution in [1.29, 1.82) is 0 Å². The Morgan fingerprint density at radius 1 is 1.29 bits per heavy atom. The normalized spacial score (nSPS) is 16.0. The van der Waals surface area contributed by atoms with E-state index in [2.05, 4.69) is 51.3 Å². The first kappa shape index (κ1) is 16.3. The van der Waals surface area contributed by atoms with Crippen molar-refractivity contribution >= 4 is 27.5 Å². The fraction of sp³-hybridized carbons (Fsp3) is 0.562.